The van der Waals surface area contributed by atoms with Crippen LogP contribution in [0.1, 0.15) is 46.0 Å². The highest BCUT2D eigenvalue weighted by Crippen LogP contribution is 2.30. The van der Waals surface area contributed by atoms with Crippen LogP contribution in [0.2, 0.25) is 0 Å². The third kappa shape index (κ3) is 3.72. The minimum atomic E-state index is -0.165. The molecule has 1 fully saturated rings. The lowest BCUT2D eigenvalue weighted by Crippen LogP contribution is -2.18. The van der Waals surface area contributed by atoms with E-state index in [9.17, 15) is 4.39 Å². The van der Waals surface area contributed by atoms with E-state index in [1.54, 1.807) is 0 Å². The second-order valence-corrected chi connectivity index (χ2v) is 5.86. The average Bonchev–Trinajstić information content (AvgIpc) is 2.58. The van der Waals surface area contributed by atoms with Crippen molar-refractivity contribution in [2.24, 2.45) is 11.8 Å². The molecule has 1 saturated carbocycles. The van der Waals surface area contributed by atoms with Crippen molar-refractivity contribution in [1.82, 2.24) is 0 Å². The fraction of sp³-hybridized carbons (Fsp3) is 0.625. The first-order valence-electron chi connectivity index (χ1n) is 7.17. The van der Waals surface area contributed by atoms with Crippen LogP contribution in [0.3, 0.4) is 0 Å². The van der Waals surface area contributed by atoms with Crippen molar-refractivity contribution < 1.29 is 4.39 Å². The van der Waals surface area contributed by atoms with Crippen molar-refractivity contribution >= 4 is 5.69 Å². The van der Waals surface area contributed by atoms with E-state index >= 15 is 0 Å². The van der Waals surface area contributed by atoms with Crippen LogP contribution < -0.4 is 5.32 Å². The Hall–Kier alpha value is -1.05. The van der Waals surface area contributed by atoms with Crippen molar-refractivity contribution in [2.45, 2.75) is 52.0 Å². The van der Waals surface area contributed by atoms with E-state index in [0.717, 1.165) is 17.5 Å². The second-order valence-electron chi connectivity index (χ2n) is 5.86. The first kappa shape index (κ1) is 13.4. The van der Waals surface area contributed by atoms with Crippen molar-refractivity contribution in [2.75, 3.05) is 5.32 Å². The number of benzene rings is 1. The smallest absolute Gasteiger partial charge is 0.123 e. The Bertz CT molecular complexity index is 358. The predicted molar refractivity (Wildman–Crippen MR) is 75.2 cm³/mol. The highest BCUT2D eigenvalue weighted by molar-refractivity contribution is 5.43. The van der Waals surface area contributed by atoms with Gasteiger partial charge in [-0.1, -0.05) is 26.7 Å². The lowest BCUT2D eigenvalue weighted by atomic mass is 9.89. The molecule has 0 aliphatic heterocycles. The number of hydrogen-bond donors (Lipinski definition) is 1. The Morgan fingerprint density at radius 2 is 1.78 bits per heavy atom. The Labute approximate surface area is 110 Å². The summed E-state index contributed by atoms with van der Waals surface area (Å²) in [6.45, 7) is 4.66. The van der Waals surface area contributed by atoms with E-state index < -0.39 is 0 Å². The highest BCUT2D eigenvalue weighted by atomic mass is 19.1. The van der Waals surface area contributed by atoms with Gasteiger partial charge in [0.15, 0.2) is 0 Å². The lowest BCUT2D eigenvalue weighted by molar-refractivity contribution is 0.341. The fourth-order valence-corrected chi connectivity index (χ4v) is 2.92. The maximum atomic E-state index is 12.8. The Morgan fingerprint density at radius 1 is 1.06 bits per heavy atom. The summed E-state index contributed by atoms with van der Waals surface area (Å²) in [5.74, 6) is 1.51. The minimum Gasteiger partial charge on any atom is -0.382 e. The third-order valence-corrected chi connectivity index (χ3v) is 4.17. The van der Waals surface area contributed by atoms with E-state index in [0.29, 0.717) is 6.04 Å². The molecule has 0 bridgehead atoms. The second kappa shape index (κ2) is 6.21. The molecule has 1 aromatic rings. The van der Waals surface area contributed by atoms with Gasteiger partial charge in [0.25, 0.3) is 0 Å². The summed E-state index contributed by atoms with van der Waals surface area (Å²) in [4.78, 5) is 0. The van der Waals surface area contributed by atoms with Crippen molar-refractivity contribution in [3.8, 4) is 0 Å². The van der Waals surface area contributed by atoms with Gasteiger partial charge in [0.05, 0.1) is 0 Å². The normalized spacial score (nSPS) is 24.9. The molecule has 1 aliphatic carbocycles. The topological polar surface area (TPSA) is 12.0 Å². The molecule has 2 unspecified atom stereocenters. The zero-order valence-electron chi connectivity index (χ0n) is 11.5. The van der Waals surface area contributed by atoms with E-state index in [1.807, 2.05) is 12.1 Å². The molecular weight excluding hydrogens is 225 g/mol. The van der Waals surface area contributed by atoms with Crippen LogP contribution in [-0.2, 0) is 0 Å². The molecule has 100 valence electrons. The molecule has 1 N–H and O–H groups in total. The summed E-state index contributed by atoms with van der Waals surface area (Å²) in [5, 5.41) is 3.54. The number of nitrogens with one attached hydrogen (secondary N) is 1. The van der Waals surface area contributed by atoms with Gasteiger partial charge in [-0.2, -0.15) is 0 Å². The van der Waals surface area contributed by atoms with Crippen LogP contribution in [0, 0.1) is 17.7 Å². The molecule has 0 amide bonds. The standard InChI is InChI=1S/C16H24FN/c1-12(2)13-4-3-5-15(9-6-13)18-16-10-7-14(17)8-11-16/h7-8,10-13,15,18H,3-6,9H2,1-2H3. The average molecular weight is 249 g/mol. The third-order valence-electron chi connectivity index (χ3n) is 4.17. The van der Waals surface area contributed by atoms with Gasteiger partial charge in [0.2, 0.25) is 0 Å². The molecule has 18 heavy (non-hydrogen) atoms. The van der Waals surface area contributed by atoms with Gasteiger partial charge >= 0.3 is 0 Å². The quantitative estimate of drug-likeness (QED) is 0.756. The molecule has 1 aromatic carbocycles. The monoisotopic (exact) mass is 249 g/mol. The van der Waals surface area contributed by atoms with E-state index in [2.05, 4.69) is 19.2 Å². The lowest BCUT2D eigenvalue weighted by Gasteiger charge is -2.19. The largest absolute Gasteiger partial charge is 0.382 e. The maximum absolute atomic E-state index is 12.8. The van der Waals surface area contributed by atoms with Crippen molar-refractivity contribution in [3.63, 3.8) is 0 Å². The Balaban J connectivity index is 1.88. The molecule has 1 aliphatic rings. The van der Waals surface area contributed by atoms with Gasteiger partial charge in [-0.3, -0.25) is 0 Å². The zero-order valence-corrected chi connectivity index (χ0v) is 11.5. The number of rotatable bonds is 3. The van der Waals surface area contributed by atoms with Gasteiger partial charge in [-0.25, -0.2) is 4.39 Å². The van der Waals surface area contributed by atoms with Crippen LogP contribution >= 0.6 is 0 Å². The molecule has 2 atom stereocenters. The maximum Gasteiger partial charge on any atom is 0.123 e. The molecule has 1 nitrogen and oxygen atoms in total. The van der Waals surface area contributed by atoms with Crippen LogP contribution in [0.4, 0.5) is 10.1 Å². The van der Waals surface area contributed by atoms with Crippen LogP contribution in [0.25, 0.3) is 0 Å². The van der Waals surface area contributed by atoms with Gasteiger partial charge < -0.3 is 5.32 Å². The summed E-state index contributed by atoms with van der Waals surface area (Å²) in [7, 11) is 0. The molecule has 0 saturated heterocycles. The van der Waals surface area contributed by atoms with Gasteiger partial charge in [-0.05, 0) is 55.4 Å². The predicted octanol–water partition coefficient (Wildman–Crippen LogP) is 4.84. The highest BCUT2D eigenvalue weighted by Gasteiger charge is 2.20. The molecule has 0 heterocycles. The van der Waals surface area contributed by atoms with Gasteiger partial charge in [0.1, 0.15) is 5.82 Å². The van der Waals surface area contributed by atoms with Crippen LogP contribution in [-0.4, -0.2) is 6.04 Å². The minimum absolute atomic E-state index is 0.165. The van der Waals surface area contributed by atoms with Crippen LogP contribution in [0.5, 0.6) is 0 Å². The Kier molecular flexibility index (Phi) is 4.62. The summed E-state index contributed by atoms with van der Waals surface area (Å²) >= 11 is 0. The van der Waals surface area contributed by atoms with E-state index in [4.69, 9.17) is 0 Å². The zero-order chi connectivity index (χ0) is 13.0. The summed E-state index contributed by atoms with van der Waals surface area (Å²) in [6.07, 6.45) is 6.46. The number of anilines is 1. The first-order chi connectivity index (χ1) is 8.65. The molecule has 2 heteroatoms. The summed E-state index contributed by atoms with van der Waals surface area (Å²) in [6, 6.07) is 7.27. The molecular formula is C16H24FN. The summed E-state index contributed by atoms with van der Waals surface area (Å²) in [5.41, 5.74) is 1.05. The van der Waals surface area contributed by atoms with Crippen molar-refractivity contribution in [3.05, 3.63) is 30.1 Å². The molecule has 0 spiro atoms. The van der Waals surface area contributed by atoms with Gasteiger partial charge in [0, 0.05) is 11.7 Å². The fourth-order valence-electron chi connectivity index (χ4n) is 2.92. The van der Waals surface area contributed by atoms with E-state index in [-0.39, 0.29) is 5.82 Å². The first-order valence-corrected chi connectivity index (χ1v) is 7.17. The summed E-state index contributed by atoms with van der Waals surface area (Å²) < 4.78 is 12.8. The van der Waals surface area contributed by atoms with Crippen LogP contribution in [0.15, 0.2) is 24.3 Å². The number of halogens is 1. The Morgan fingerprint density at radius 3 is 2.44 bits per heavy atom. The molecule has 0 aromatic heterocycles. The van der Waals surface area contributed by atoms with Gasteiger partial charge in [-0.15, -0.1) is 0 Å². The van der Waals surface area contributed by atoms with Crippen molar-refractivity contribution in [1.29, 1.82) is 0 Å². The molecule has 0 radical (unpaired) electrons. The molecule has 2 rings (SSSR count). The number of hydrogen-bond acceptors (Lipinski definition) is 1. The van der Waals surface area contributed by atoms with E-state index in [1.165, 1.54) is 44.2 Å². The SMILES string of the molecule is CC(C)C1CCCC(Nc2ccc(F)cc2)CC1.